The fraction of sp³-hybridized carbons (Fsp3) is 0.462. The van der Waals surface area contributed by atoms with Crippen molar-refractivity contribution in [2.45, 2.75) is 26.0 Å². The van der Waals surface area contributed by atoms with Crippen molar-refractivity contribution in [2.75, 3.05) is 18.1 Å². The Labute approximate surface area is 96.2 Å². The van der Waals surface area contributed by atoms with Gasteiger partial charge in [-0.25, -0.2) is 0 Å². The number of nitriles is 1. The summed E-state index contributed by atoms with van der Waals surface area (Å²) in [6, 6.07) is 10.3. The molecule has 1 aromatic carbocycles. The van der Waals surface area contributed by atoms with Crippen LogP contribution in [0.3, 0.4) is 0 Å². The zero-order valence-corrected chi connectivity index (χ0v) is 9.68. The highest BCUT2D eigenvalue weighted by Gasteiger charge is 2.23. The Hall–Kier alpha value is -1.53. The second-order valence-electron chi connectivity index (χ2n) is 4.30. The van der Waals surface area contributed by atoms with Crippen LogP contribution < -0.4 is 4.90 Å². The lowest BCUT2D eigenvalue weighted by molar-refractivity contribution is 0.0344. The van der Waals surface area contributed by atoms with Gasteiger partial charge in [0, 0.05) is 18.3 Å². The van der Waals surface area contributed by atoms with E-state index in [1.54, 1.807) is 0 Å². The Kier molecular flexibility index (Phi) is 3.12. The predicted octanol–water partition coefficient (Wildman–Crippen LogP) is 2.17. The molecule has 16 heavy (non-hydrogen) atoms. The Morgan fingerprint density at radius 2 is 2.00 bits per heavy atom. The quantitative estimate of drug-likeness (QED) is 0.722. The van der Waals surface area contributed by atoms with Gasteiger partial charge in [0.15, 0.2) is 0 Å². The summed E-state index contributed by atoms with van der Waals surface area (Å²) in [6.07, 6.45) is 0.270. The summed E-state index contributed by atoms with van der Waals surface area (Å²) in [7, 11) is 0. The van der Waals surface area contributed by atoms with Crippen LogP contribution in [0.1, 0.15) is 19.4 Å². The van der Waals surface area contributed by atoms with Gasteiger partial charge in [0.1, 0.15) is 0 Å². The molecule has 0 bridgehead atoms. The highest BCUT2D eigenvalue weighted by Crippen LogP contribution is 2.21. The maximum Gasteiger partial charge on any atom is 0.0991 e. The number of hydrogen-bond acceptors (Lipinski definition) is 3. The largest absolute Gasteiger partial charge is 0.375 e. The van der Waals surface area contributed by atoms with Gasteiger partial charge in [-0.3, -0.25) is 0 Å². The normalized spacial score (nSPS) is 25.2. The number of benzene rings is 1. The number of anilines is 1. The first-order valence-corrected chi connectivity index (χ1v) is 5.59. The zero-order chi connectivity index (χ0) is 11.5. The van der Waals surface area contributed by atoms with Gasteiger partial charge in [0.05, 0.1) is 24.3 Å². The van der Waals surface area contributed by atoms with Crippen LogP contribution in [0.15, 0.2) is 24.3 Å². The Morgan fingerprint density at radius 3 is 2.62 bits per heavy atom. The summed E-state index contributed by atoms with van der Waals surface area (Å²) >= 11 is 0. The molecular formula is C13H16N2O. The average molecular weight is 216 g/mol. The van der Waals surface area contributed by atoms with E-state index in [0.29, 0.717) is 11.6 Å². The number of hydrogen-bond donors (Lipinski definition) is 0. The molecule has 1 fully saturated rings. The molecule has 0 saturated carbocycles. The predicted molar refractivity (Wildman–Crippen MR) is 63.4 cm³/mol. The van der Waals surface area contributed by atoms with Gasteiger partial charge in [-0.1, -0.05) is 0 Å². The van der Waals surface area contributed by atoms with Crippen LogP contribution in [0.5, 0.6) is 0 Å². The van der Waals surface area contributed by atoms with Gasteiger partial charge in [0.2, 0.25) is 0 Å². The molecule has 0 amide bonds. The minimum Gasteiger partial charge on any atom is -0.375 e. The standard InChI is InChI=1S/C13H16N2O/c1-10-9-16-11(2)8-15(10)13-5-3-12(7-14)4-6-13/h3-6,10-11H,8-9H2,1-2H3. The van der Waals surface area contributed by atoms with E-state index in [2.05, 4.69) is 24.8 Å². The minimum atomic E-state index is 0.270. The van der Waals surface area contributed by atoms with Crippen LogP contribution >= 0.6 is 0 Å². The second-order valence-corrected chi connectivity index (χ2v) is 4.30. The topological polar surface area (TPSA) is 36.3 Å². The van der Waals surface area contributed by atoms with E-state index in [1.165, 1.54) is 5.69 Å². The summed E-state index contributed by atoms with van der Waals surface area (Å²) in [5, 5.41) is 8.75. The van der Waals surface area contributed by atoms with Crippen molar-refractivity contribution in [1.82, 2.24) is 0 Å². The number of rotatable bonds is 1. The molecule has 0 aliphatic carbocycles. The molecule has 0 N–H and O–H groups in total. The Balaban J connectivity index is 2.18. The summed E-state index contributed by atoms with van der Waals surface area (Å²) in [5.41, 5.74) is 1.87. The maximum atomic E-state index is 8.75. The van der Waals surface area contributed by atoms with Crippen molar-refractivity contribution in [1.29, 1.82) is 5.26 Å². The molecule has 0 radical (unpaired) electrons. The SMILES string of the molecule is CC1CN(c2ccc(C#N)cc2)C(C)CO1. The molecule has 0 spiro atoms. The smallest absolute Gasteiger partial charge is 0.0991 e. The van der Waals surface area contributed by atoms with Crippen molar-refractivity contribution >= 4 is 5.69 Å². The van der Waals surface area contributed by atoms with Crippen LogP contribution in [0.2, 0.25) is 0 Å². The van der Waals surface area contributed by atoms with Crippen molar-refractivity contribution in [3.8, 4) is 6.07 Å². The lowest BCUT2D eigenvalue weighted by Crippen LogP contribution is -2.47. The molecular weight excluding hydrogens is 200 g/mol. The molecule has 84 valence electrons. The van der Waals surface area contributed by atoms with E-state index in [0.717, 1.165) is 13.2 Å². The molecule has 3 heteroatoms. The van der Waals surface area contributed by atoms with Gasteiger partial charge >= 0.3 is 0 Å². The van der Waals surface area contributed by atoms with Crippen LogP contribution in [-0.4, -0.2) is 25.3 Å². The lowest BCUT2D eigenvalue weighted by Gasteiger charge is -2.38. The Morgan fingerprint density at radius 1 is 1.31 bits per heavy atom. The third-order valence-electron chi connectivity index (χ3n) is 2.94. The highest BCUT2D eigenvalue weighted by molar-refractivity contribution is 5.50. The maximum absolute atomic E-state index is 8.75. The van der Waals surface area contributed by atoms with Crippen molar-refractivity contribution < 1.29 is 4.74 Å². The first-order chi connectivity index (χ1) is 7.70. The van der Waals surface area contributed by atoms with Crippen molar-refractivity contribution in [2.24, 2.45) is 0 Å². The molecule has 2 rings (SSSR count). The molecule has 2 unspecified atom stereocenters. The second kappa shape index (κ2) is 4.54. The molecule has 1 aliphatic heterocycles. The van der Waals surface area contributed by atoms with Crippen LogP contribution in [0.25, 0.3) is 0 Å². The zero-order valence-electron chi connectivity index (χ0n) is 9.68. The summed E-state index contributed by atoms with van der Waals surface area (Å²) in [6.45, 7) is 5.92. The summed E-state index contributed by atoms with van der Waals surface area (Å²) in [4.78, 5) is 2.33. The summed E-state index contributed by atoms with van der Waals surface area (Å²) in [5.74, 6) is 0. The third-order valence-corrected chi connectivity index (χ3v) is 2.94. The number of ether oxygens (including phenoxy) is 1. The molecule has 1 aliphatic rings. The van der Waals surface area contributed by atoms with E-state index in [1.807, 2.05) is 24.3 Å². The highest BCUT2D eigenvalue weighted by atomic mass is 16.5. The van der Waals surface area contributed by atoms with E-state index >= 15 is 0 Å². The molecule has 1 heterocycles. The van der Waals surface area contributed by atoms with E-state index in [9.17, 15) is 0 Å². The van der Waals surface area contributed by atoms with E-state index in [4.69, 9.17) is 10.00 Å². The molecule has 2 atom stereocenters. The van der Waals surface area contributed by atoms with Gasteiger partial charge < -0.3 is 9.64 Å². The fourth-order valence-electron chi connectivity index (χ4n) is 1.99. The average Bonchev–Trinajstić information content (AvgIpc) is 2.32. The lowest BCUT2D eigenvalue weighted by atomic mass is 10.1. The van der Waals surface area contributed by atoms with Crippen LogP contribution in [-0.2, 0) is 4.74 Å². The number of nitrogens with zero attached hydrogens (tertiary/aromatic N) is 2. The molecule has 3 nitrogen and oxygen atoms in total. The monoisotopic (exact) mass is 216 g/mol. The van der Waals surface area contributed by atoms with Gasteiger partial charge in [-0.15, -0.1) is 0 Å². The Bertz CT molecular complexity index is 393. The van der Waals surface area contributed by atoms with Crippen molar-refractivity contribution in [3.05, 3.63) is 29.8 Å². The van der Waals surface area contributed by atoms with E-state index < -0.39 is 0 Å². The van der Waals surface area contributed by atoms with Gasteiger partial charge in [-0.05, 0) is 38.1 Å². The molecule has 0 aromatic heterocycles. The van der Waals surface area contributed by atoms with Gasteiger partial charge in [-0.2, -0.15) is 5.26 Å². The first-order valence-electron chi connectivity index (χ1n) is 5.59. The fourth-order valence-corrected chi connectivity index (χ4v) is 1.99. The third kappa shape index (κ3) is 2.17. The van der Waals surface area contributed by atoms with Crippen LogP contribution in [0, 0.1) is 11.3 Å². The molecule has 1 saturated heterocycles. The number of morpholine rings is 1. The summed E-state index contributed by atoms with van der Waals surface area (Å²) < 4.78 is 5.59. The van der Waals surface area contributed by atoms with Crippen LogP contribution in [0.4, 0.5) is 5.69 Å². The van der Waals surface area contributed by atoms with Crippen molar-refractivity contribution in [3.63, 3.8) is 0 Å². The first kappa shape index (κ1) is 11.0. The molecule has 1 aromatic rings. The minimum absolute atomic E-state index is 0.270. The van der Waals surface area contributed by atoms with E-state index in [-0.39, 0.29) is 6.10 Å². The van der Waals surface area contributed by atoms with Gasteiger partial charge in [0.25, 0.3) is 0 Å².